The van der Waals surface area contributed by atoms with E-state index in [1.165, 1.54) is 0 Å². The number of benzene rings is 3. The van der Waals surface area contributed by atoms with E-state index in [0.29, 0.717) is 16.3 Å². The van der Waals surface area contributed by atoms with Crippen LogP contribution in [0.4, 0.5) is 5.69 Å². The molecular formula is C31H37ClN6O4Si. The second-order valence-corrected chi connectivity index (χ2v) is 15.3. The molecule has 3 atom stereocenters. The lowest BCUT2D eigenvalue weighted by molar-refractivity contribution is -0.121. The summed E-state index contributed by atoms with van der Waals surface area (Å²) in [6.07, 6.45) is -0.217. The van der Waals surface area contributed by atoms with Crippen LogP contribution in [-0.4, -0.2) is 69.2 Å². The topological polar surface area (TPSA) is 127 Å². The quantitative estimate of drug-likeness (QED) is 0.184. The molecule has 2 aliphatic rings. The maximum atomic E-state index is 13.2. The SMILES string of the molecule is COc1ccc2c(c1)C(c1ccc(Cl)cc1)=N[C@@H](CC(=O)NCCNC(=O)c1ccc([Si](C)(C)O)cc1)C1NNC(C)N21. The van der Waals surface area contributed by atoms with Gasteiger partial charge < -0.3 is 25.1 Å². The van der Waals surface area contributed by atoms with E-state index in [-0.39, 0.29) is 43.7 Å². The molecule has 0 spiro atoms. The Morgan fingerprint density at radius 1 is 1.02 bits per heavy atom. The van der Waals surface area contributed by atoms with Crippen molar-refractivity contribution in [1.29, 1.82) is 0 Å². The molecule has 10 nitrogen and oxygen atoms in total. The first-order valence-corrected chi connectivity index (χ1v) is 17.6. The summed E-state index contributed by atoms with van der Waals surface area (Å²) in [6, 6.07) is 20.0. The van der Waals surface area contributed by atoms with Crippen molar-refractivity contribution in [2.75, 3.05) is 25.1 Å². The molecule has 43 heavy (non-hydrogen) atoms. The minimum atomic E-state index is -2.43. The zero-order valence-corrected chi connectivity index (χ0v) is 26.4. The van der Waals surface area contributed by atoms with Crippen LogP contribution in [0.25, 0.3) is 0 Å². The number of anilines is 1. The van der Waals surface area contributed by atoms with E-state index in [1.54, 1.807) is 31.4 Å². The predicted molar refractivity (Wildman–Crippen MR) is 172 cm³/mol. The molecule has 0 radical (unpaired) electrons. The maximum absolute atomic E-state index is 13.2. The first-order valence-electron chi connectivity index (χ1n) is 14.2. The highest BCUT2D eigenvalue weighted by atomic mass is 35.5. The highest BCUT2D eigenvalue weighted by Gasteiger charge is 2.40. The second kappa shape index (κ2) is 12.9. The van der Waals surface area contributed by atoms with Gasteiger partial charge in [-0.15, -0.1) is 0 Å². The van der Waals surface area contributed by atoms with Crippen LogP contribution >= 0.6 is 11.6 Å². The van der Waals surface area contributed by atoms with Gasteiger partial charge in [-0.3, -0.25) is 14.6 Å². The fourth-order valence-electron chi connectivity index (χ4n) is 5.36. The van der Waals surface area contributed by atoms with Crippen molar-refractivity contribution in [1.82, 2.24) is 21.5 Å². The Kier molecular flexibility index (Phi) is 9.18. The van der Waals surface area contributed by atoms with Crippen molar-refractivity contribution < 1.29 is 19.1 Å². The summed E-state index contributed by atoms with van der Waals surface area (Å²) in [4.78, 5) is 43.4. The zero-order chi connectivity index (χ0) is 30.7. The first kappa shape index (κ1) is 30.7. The molecular weight excluding hydrogens is 584 g/mol. The summed E-state index contributed by atoms with van der Waals surface area (Å²) in [6.45, 7) is 6.25. The number of fused-ring (bicyclic) bond motifs is 3. The number of carbonyl (C=O) groups excluding carboxylic acids is 2. The Bertz CT molecular complexity index is 1510. The Morgan fingerprint density at radius 2 is 1.72 bits per heavy atom. The first-order chi connectivity index (χ1) is 20.5. The van der Waals surface area contributed by atoms with Crippen molar-refractivity contribution >= 4 is 48.3 Å². The Labute approximate surface area is 257 Å². The average Bonchev–Trinajstić information content (AvgIpc) is 3.31. The number of hydrogen-bond acceptors (Lipinski definition) is 8. The van der Waals surface area contributed by atoms with Gasteiger partial charge in [-0.25, -0.2) is 10.9 Å². The molecule has 0 aliphatic carbocycles. The van der Waals surface area contributed by atoms with Crippen LogP contribution in [0.3, 0.4) is 0 Å². The molecule has 2 heterocycles. The summed E-state index contributed by atoms with van der Waals surface area (Å²) < 4.78 is 5.54. The number of hydrogen-bond donors (Lipinski definition) is 5. The maximum Gasteiger partial charge on any atom is 0.251 e. The summed E-state index contributed by atoms with van der Waals surface area (Å²) in [5.74, 6) is 0.291. The fraction of sp³-hybridized carbons (Fsp3) is 0.323. The van der Waals surface area contributed by atoms with E-state index >= 15 is 0 Å². The Hall–Kier alpha value is -3.74. The van der Waals surface area contributed by atoms with Gasteiger partial charge in [-0.2, -0.15) is 0 Å². The number of hydrazine groups is 1. The minimum Gasteiger partial charge on any atom is -0.497 e. The van der Waals surface area contributed by atoms with E-state index in [2.05, 4.69) is 26.4 Å². The van der Waals surface area contributed by atoms with Crippen LogP contribution in [0, 0.1) is 0 Å². The summed E-state index contributed by atoms with van der Waals surface area (Å²) in [7, 11) is -0.797. The molecule has 5 N–H and O–H groups in total. The van der Waals surface area contributed by atoms with Crippen molar-refractivity contribution in [3.8, 4) is 5.75 Å². The molecule has 226 valence electrons. The van der Waals surface area contributed by atoms with Crippen LogP contribution in [0.1, 0.15) is 34.8 Å². The van der Waals surface area contributed by atoms with Gasteiger partial charge in [0, 0.05) is 40.5 Å². The van der Waals surface area contributed by atoms with Crippen molar-refractivity contribution in [3.63, 3.8) is 0 Å². The third-order valence-corrected chi connectivity index (χ3v) is 9.65. The number of rotatable bonds is 9. The van der Waals surface area contributed by atoms with Gasteiger partial charge >= 0.3 is 0 Å². The molecule has 1 saturated heterocycles. The third kappa shape index (κ3) is 6.92. The molecule has 2 aliphatic heterocycles. The lowest BCUT2D eigenvalue weighted by Gasteiger charge is -2.31. The zero-order valence-electron chi connectivity index (χ0n) is 24.6. The van der Waals surface area contributed by atoms with Crippen LogP contribution in [-0.2, 0) is 4.79 Å². The van der Waals surface area contributed by atoms with Crippen molar-refractivity contribution in [2.24, 2.45) is 4.99 Å². The van der Waals surface area contributed by atoms with E-state index in [1.807, 2.05) is 62.5 Å². The predicted octanol–water partition coefficient (Wildman–Crippen LogP) is 2.50. The molecule has 0 saturated carbocycles. The number of nitrogens with zero attached hydrogens (tertiary/aromatic N) is 2. The van der Waals surface area contributed by atoms with Crippen LogP contribution in [0.2, 0.25) is 18.1 Å². The minimum absolute atomic E-state index is 0.0578. The van der Waals surface area contributed by atoms with Crippen LogP contribution in [0.5, 0.6) is 5.75 Å². The average molecular weight is 621 g/mol. The smallest absolute Gasteiger partial charge is 0.251 e. The van der Waals surface area contributed by atoms with Gasteiger partial charge in [0.1, 0.15) is 11.9 Å². The summed E-state index contributed by atoms with van der Waals surface area (Å²) in [5, 5.41) is 7.25. The van der Waals surface area contributed by atoms with E-state index in [9.17, 15) is 14.4 Å². The summed E-state index contributed by atoms with van der Waals surface area (Å²) in [5.41, 5.74) is 10.6. The Morgan fingerprint density at radius 3 is 2.40 bits per heavy atom. The number of carbonyl (C=O) groups is 2. The monoisotopic (exact) mass is 620 g/mol. The molecule has 3 aromatic rings. The number of amides is 2. The number of nitrogens with one attached hydrogen (secondary N) is 4. The molecule has 5 rings (SSSR count). The van der Waals surface area contributed by atoms with E-state index < -0.39 is 14.4 Å². The standard InChI is InChI=1S/C31H37ClN6O4Si/c1-19-36-37-30-26(18-28(39)33-15-16-34-31(40)21-7-12-24(13-8-21)43(3,4)41)35-29(20-5-9-22(32)10-6-20)25-17-23(42-2)11-14-27(25)38(19)30/h5-14,17,19,26,30,36-37,41H,15-16,18H2,1-4H3,(H,33,39)(H,34,40)/t19?,26-,30?/m0/s1. The largest absolute Gasteiger partial charge is 0.497 e. The van der Waals surface area contributed by atoms with Gasteiger partial charge in [-0.1, -0.05) is 35.9 Å². The van der Waals surface area contributed by atoms with Crippen LogP contribution in [0.15, 0.2) is 71.7 Å². The van der Waals surface area contributed by atoms with Gasteiger partial charge in [-0.05, 0) is 67.7 Å². The van der Waals surface area contributed by atoms with Crippen molar-refractivity contribution in [2.45, 2.75) is 44.8 Å². The van der Waals surface area contributed by atoms with Gasteiger partial charge in [0.15, 0.2) is 0 Å². The number of ether oxygens (including phenoxy) is 1. The lowest BCUT2D eigenvalue weighted by atomic mass is 9.99. The highest BCUT2D eigenvalue weighted by Crippen LogP contribution is 2.36. The normalized spacial score (nSPS) is 19.5. The Balaban J connectivity index is 1.29. The van der Waals surface area contributed by atoms with E-state index in [4.69, 9.17) is 21.3 Å². The number of aliphatic imine (C=N–C) groups is 1. The van der Waals surface area contributed by atoms with Crippen LogP contribution < -0.4 is 36.3 Å². The van der Waals surface area contributed by atoms with Crippen molar-refractivity contribution in [3.05, 3.63) is 88.4 Å². The highest BCUT2D eigenvalue weighted by molar-refractivity contribution is 6.83. The number of halogens is 1. The molecule has 3 aromatic carbocycles. The molecule has 2 unspecified atom stereocenters. The second-order valence-electron chi connectivity index (χ2n) is 11.2. The van der Waals surface area contributed by atoms with E-state index in [0.717, 1.165) is 27.7 Å². The van der Waals surface area contributed by atoms with Gasteiger partial charge in [0.05, 0.1) is 31.4 Å². The third-order valence-electron chi connectivity index (χ3n) is 7.65. The molecule has 0 bridgehead atoms. The molecule has 12 heteroatoms. The van der Waals surface area contributed by atoms with Gasteiger partial charge in [0.2, 0.25) is 14.2 Å². The van der Waals surface area contributed by atoms with Gasteiger partial charge in [0.25, 0.3) is 5.91 Å². The number of methoxy groups -OCH3 is 1. The molecule has 1 fully saturated rings. The molecule has 2 amide bonds. The fourth-order valence-corrected chi connectivity index (χ4v) is 6.46. The molecule has 0 aromatic heterocycles. The summed E-state index contributed by atoms with van der Waals surface area (Å²) >= 11 is 6.19. The lowest BCUT2D eigenvalue weighted by Crippen LogP contribution is -2.48.